The van der Waals surface area contributed by atoms with Crippen LogP contribution in [0, 0.1) is 16.0 Å². The molecule has 1 aromatic carbocycles. The Morgan fingerprint density at radius 1 is 1.29 bits per heavy atom. The van der Waals surface area contributed by atoms with Crippen LogP contribution in [-0.2, 0) is 5.75 Å². The lowest BCUT2D eigenvalue weighted by atomic mass is 10.1. The number of rotatable bonds is 6. The summed E-state index contributed by atoms with van der Waals surface area (Å²) in [5.74, 6) is 0.880. The largest absolute Gasteiger partial charge is 0.396 e. The number of aliphatic hydroxyl groups is 1. The average Bonchev–Trinajstić information content (AvgIpc) is 3.32. The number of hydrogen-bond acceptors (Lipinski definition) is 8. The first kappa shape index (κ1) is 18.4. The van der Waals surface area contributed by atoms with E-state index in [4.69, 9.17) is 5.73 Å². The fourth-order valence-electron chi connectivity index (χ4n) is 3.21. The minimum Gasteiger partial charge on any atom is -0.396 e. The van der Waals surface area contributed by atoms with Crippen molar-refractivity contribution in [2.24, 2.45) is 5.92 Å². The van der Waals surface area contributed by atoms with E-state index in [0.29, 0.717) is 21.9 Å². The number of nitrogens with two attached hydrogens (primary N) is 1. The number of non-ortho nitro benzene ring substituents is 1. The summed E-state index contributed by atoms with van der Waals surface area (Å²) in [4.78, 5) is 23.5. The van der Waals surface area contributed by atoms with Crippen LogP contribution in [0.2, 0.25) is 0 Å². The number of imidazole rings is 1. The molecule has 0 amide bonds. The van der Waals surface area contributed by atoms with Gasteiger partial charge in [0.15, 0.2) is 5.65 Å². The van der Waals surface area contributed by atoms with Crippen molar-refractivity contribution in [3.8, 4) is 0 Å². The van der Waals surface area contributed by atoms with Gasteiger partial charge in [-0.1, -0.05) is 36.0 Å². The zero-order valence-corrected chi connectivity index (χ0v) is 15.6. The molecule has 4 rings (SSSR count). The minimum absolute atomic E-state index is 0.0620. The quantitative estimate of drug-likeness (QED) is 0.213. The Hall–Kier alpha value is -2.98. The topological polar surface area (TPSA) is 133 Å². The number of thioether (sulfide) groups is 1. The summed E-state index contributed by atoms with van der Waals surface area (Å²) in [7, 11) is 0. The third-order valence-corrected chi connectivity index (χ3v) is 5.71. The van der Waals surface area contributed by atoms with Crippen LogP contribution in [0.25, 0.3) is 11.2 Å². The molecule has 1 aliphatic rings. The Morgan fingerprint density at radius 2 is 2.07 bits per heavy atom. The Bertz CT molecular complexity index is 1050. The van der Waals surface area contributed by atoms with Crippen LogP contribution in [-0.4, -0.2) is 36.2 Å². The molecule has 0 saturated heterocycles. The standard InChI is InChI=1S/C18H18N6O3S/c19-18-21-16-15(20-10-23(16)14-6-3-12(7-14)8-25)17(22-18)28-9-11-1-4-13(5-2-11)24(26)27/h1-6,10,12,14,25H,7-9H2,(H2,19,21,22)/t12-,14+/m0/s1. The van der Waals surface area contributed by atoms with E-state index in [1.165, 1.54) is 23.9 Å². The molecule has 0 bridgehead atoms. The number of fused-ring (bicyclic) bond motifs is 1. The van der Waals surface area contributed by atoms with Crippen molar-refractivity contribution in [2.75, 3.05) is 12.3 Å². The van der Waals surface area contributed by atoms with E-state index in [1.807, 2.05) is 16.7 Å². The zero-order chi connectivity index (χ0) is 19.7. The summed E-state index contributed by atoms with van der Waals surface area (Å²) < 4.78 is 1.95. The number of nitrogen functional groups attached to an aromatic ring is 1. The van der Waals surface area contributed by atoms with Gasteiger partial charge >= 0.3 is 0 Å². The first-order chi connectivity index (χ1) is 13.5. The van der Waals surface area contributed by atoms with Crippen molar-refractivity contribution < 1.29 is 10.0 Å². The number of nitro groups is 1. The molecule has 144 valence electrons. The van der Waals surface area contributed by atoms with Crippen LogP contribution in [0.4, 0.5) is 11.6 Å². The normalized spacial score (nSPS) is 18.8. The summed E-state index contributed by atoms with van der Waals surface area (Å²) in [5.41, 5.74) is 8.24. The molecule has 1 aliphatic carbocycles. The van der Waals surface area contributed by atoms with Crippen LogP contribution < -0.4 is 5.73 Å². The summed E-state index contributed by atoms with van der Waals surface area (Å²) in [6.07, 6.45) is 6.57. The lowest BCUT2D eigenvalue weighted by Gasteiger charge is -2.13. The molecule has 0 saturated carbocycles. The first-order valence-corrected chi connectivity index (χ1v) is 9.69. The van der Waals surface area contributed by atoms with Crippen molar-refractivity contribution in [3.63, 3.8) is 0 Å². The maximum absolute atomic E-state index is 10.8. The number of aliphatic hydroxyl groups excluding tert-OH is 1. The van der Waals surface area contributed by atoms with Crippen LogP contribution in [0.3, 0.4) is 0 Å². The number of nitrogens with zero attached hydrogens (tertiary/aromatic N) is 5. The fraction of sp³-hybridized carbons (Fsp3) is 0.278. The Morgan fingerprint density at radius 3 is 2.75 bits per heavy atom. The van der Waals surface area contributed by atoms with E-state index in [9.17, 15) is 15.2 Å². The second-order valence-corrected chi connectivity index (χ2v) is 7.52. The molecule has 3 N–H and O–H groups in total. The molecule has 2 aromatic heterocycles. The highest BCUT2D eigenvalue weighted by atomic mass is 32.2. The molecule has 0 aliphatic heterocycles. The highest BCUT2D eigenvalue weighted by molar-refractivity contribution is 7.98. The summed E-state index contributed by atoms with van der Waals surface area (Å²) in [6, 6.07) is 6.49. The van der Waals surface area contributed by atoms with Crippen LogP contribution in [0.15, 0.2) is 47.8 Å². The van der Waals surface area contributed by atoms with Crippen molar-refractivity contribution in [3.05, 3.63) is 58.4 Å². The van der Waals surface area contributed by atoms with Gasteiger partial charge in [-0.15, -0.1) is 0 Å². The van der Waals surface area contributed by atoms with Gasteiger partial charge in [0, 0.05) is 30.4 Å². The van der Waals surface area contributed by atoms with Gasteiger partial charge in [0.1, 0.15) is 10.5 Å². The molecule has 0 spiro atoms. The summed E-state index contributed by atoms with van der Waals surface area (Å²) in [6.45, 7) is 0.118. The molecule has 2 heterocycles. The van der Waals surface area contributed by atoms with E-state index >= 15 is 0 Å². The van der Waals surface area contributed by atoms with Crippen molar-refractivity contribution >= 4 is 34.6 Å². The van der Waals surface area contributed by atoms with Gasteiger partial charge in [-0.3, -0.25) is 10.1 Å². The molecule has 2 atom stereocenters. The SMILES string of the molecule is Nc1nc(SCc2ccc([N+](=O)[O-])cc2)c2ncn([C@@H]3C=C[C@H](CO)C3)c2n1. The molecular weight excluding hydrogens is 380 g/mol. The summed E-state index contributed by atoms with van der Waals surface area (Å²) in [5, 5.41) is 20.8. The third-order valence-electron chi connectivity index (χ3n) is 4.67. The lowest BCUT2D eigenvalue weighted by Crippen LogP contribution is -2.08. The average molecular weight is 398 g/mol. The summed E-state index contributed by atoms with van der Waals surface area (Å²) >= 11 is 1.46. The van der Waals surface area contributed by atoms with Crippen LogP contribution in [0.1, 0.15) is 18.0 Å². The van der Waals surface area contributed by atoms with Crippen LogP contribution in [0.5, 0.6) is 0 Å². The molecule has 28 heavy (non-hydrogen) atoms. The highest BCUT2D eigenvalue weighted by Gasteiger charge is 2.23. The molecule has 3 aromatic rings. The van der Waals surface area contributed by atoms with Crippen LogP contribution >= 0.6 is 11.8 Å². The maximum Gasteiger partial charge on any atom is 0.269 e. The Balaban J connectivity index is 1.58. The number of anilines is 1. The molecule has 0 fully saturated rings. The van der Waals surface area contributed by atoms with Crippen molar-refractivity contribution in [1.29, 1.82) is 0 Å². The first-order valence-electron chi connectivity index (χ1n) is 8.70. The molecule has 10 heteroatoms. The van der Waals surface area contributed by atoms with Crippen molar-refractivity contribution in [2.45, 2.75) is 23.2 Å². The number of nitro benzene ring substituents is 1. The van der Waals surface area contributed by atoms with Gasteiger partial charge in [-0.25, -0.2) is 9.97 Å². The number of benzene rings is 1. The van der Waals surface area contributed by atoms with E-state index < -0.39 is 4.92 Å². The predicted molar refractivity (Wildman–Crippen MR) is 106 cm³/mol. The number of hydrogen-bond donors (Lipinski definition) is 2. The second-order valence-electron chi connectivity index (χ2n) is 6.55. The van der Waals surface area contributed by atoms with Gasteiger partial charge in [-0.05, 0) is 12.0 Å². The number of aromatic nitrogens is 4. The number of allylic oxidation sites excluding steroid dienone is 1. The monoisotopic (exact) mass is 398 g/mol. The zero-order valence-electron chi connectivity index (χ0n) is 14.8. The van der Waals surface area contributed by atoms with E-state index in [-0.39, 0.29) is 30.2 Å². The molecule has 0 radical (unpaired) electrons. The van der Waals surface area contributed by atoms with E-state index in [1.54, 1.807) is 18.5 Å². The predicted octanol–water partition coefficient (Wildman–Crippen LogP) is 2.72. The van der Waals surface area contributed by atoms with Gasteiger partial charge in [0.05, 0.1) is 17.3 Å². The smallest absolute Gasteiger partial charge is 0.269 e. The van der Waals surface area contributed by atoms with Gasteiger partial charge in [0.25, 0.3) is 5.69 Å². The maximum atomic E-state index is 10.8. The Labute approximate surface area is 164 Å². The highest BCUT2D eigenvalue weighted by Crippen LogP contribution is 2.33. The lowest BCUT2D eigenvalue weighted by molar-refractivity contribution is -0.384. The third kappa shape index (κ3) is 3.56. The second kappa shape index (κ2) is 7.56. The van der Waals surface area contributed by atoms with E-state index in [2.05, 4.69) is 15.0 Å². The molecule has 0 unspecified atom stereocenters. The molecular formula is C18H18N6O3S. The van der Waals surface area contributed by atoms with Gasteiger partial charge < -0.3 is 15.4 Å². The Kier molecular flexibility index (Phi) is 4.97. The van der Waals surface area contributed by atoms with Gasteiger partial charge in [0.2, 0.25) is 5.95 Å². The fourth-order valence-corrected chi connectivity index (χ4v) is 4.14. The van der Waals surface area contributed by atoms with Crippen molar-refractivity contribution in [1.82, 2.24) is 19.5 Å². The minimum atomic E-state index is -0.420. The van der Waals surface area contributed by atoms with E-state index in [0.717, 1.165) is 12.0 Å². The molecule has 9 nitrogen and oxygen atoms in total. The van der Waals surface area contributed by atoms with Gasteiger partial charge in [-0.2, -0.15) is 4.98 Å².